The molecule has 4 aliphatic rings. The molecular formula is C28H44N6O5. The Bertz CT molecular complexity index is 950. The molecule has 2 aliphatic heterocycles. The zero-order valence-electron chi connectivity index (χ0n) is 23.1. The zero-order chi connectivity index (χ0) is 27.5. The number of hydrogen-bond donors (Lipinski definition) is 2. The summed E-state index contributed by atoms with van der Waals surface area (Å²) in [5, 5.41) is 16.2. The molecule has 2 heterocycles. The third-order valence-electron chi connectivity index (χ3n) is 8.29. The van der Waals surface area contributed by atoms with Gasteiger partial charge in [0.1, 0.15) is 0 Å². The Morgan fingerprint density at radius 1 is 1.28 bits per heavy atom. The molecule has 0 bridgehead atoms. The molecule has 216 valence electrons. The van der Waals surface area contributed by atoms with E-state index in [0.29, 0.717) is 63.6 Å². The lowest BCUT2D eigenvalue weighted by atomic mass is 9.79. The molecule has 2 N–H and O–H groups in total. The minimum Gasteiger partial charge on any atom is -0.470 e. The van der Waals surface area contributed by atoms with Crippen LogP contribution in [0.4, 0.5) is 0 Å². The number of morpholine rings is 1. The number of aliphatic imine (C=N–C) groups is 1. The SMILES string of the molecule is C=CC[C@@]1(C(=O)NCCN2CCOCC2)N=C(C2CCC(OCCCO)CC2)O[C@@H]1C1=C(N=[N+]=[N-])CCCC1. The number of hydrogen-bond acceptors (Lipinski definition) is 8. The van der Waals surface area contributed by atoms with Crippen LogP contribution in [0, 0.1) is 5.92 Å². The molecular weight excluding hydrogens is 500 g/mol. The van der Waals surface area contributed by atoms with Crippen molar-refractivity contribution in [2.45, 2.75) is 82.0 Å². The van der Waals surface area contributed by atoms with Crippen LogP contribution < -0.4 is 5.32 Å². The second-order valence-corrected chi connectivity index (χ2v) is 10.9. The normalized spacial score (nSPS) is 29.8. The fraction of sp³-hybridized carbons (Fsp3) is 0.786. The molecule has 11 nitrogen and oxygen atoms in total. The number of carbonyl (C=O) groups is 1. The molecule has 2 fully saturated rings. The van der Waals surface area contributed by atoms with E-state index in [4.69, 9.17) is 24.3 Å². The Morgan fingerprint density at radius 2 is 2.05 bits per heavy atom. The number of aliphatic hydroxyl groups excluding tert-OH is 1. The number of nitrogens with one attached hydrogen (secondary N) is 1. The summed E-state index contributed by atoms with van der Waals surface area (Å²) in [6.07, 6.45) is 9.05. The van der Waals surface area contributed by atoms with Crippen molar-refractivity contribution in [2.75, 3.05) is 52.6 Å². The highest BCUT2D eigenvalue weighted by Gasteiger charge is 2.54. The molecule has 1 saturated carbocycles. The summed E-state index contributed by atoms with van der Waals surface area (Å²) in [6.45, 7) is 9.05. The summed E-state index contributed by atoms with van der Waals surface area (Å²) in [5.74, 6) is 0.553. The smallest absolute Gasteiger partial charge is 0.252 e. The van der Waals surface area contributed by atoms with E-state index < -0.39 is 11.6 Å². The molecule has 0 radical (unpaired) electrons. The largest absolute Gasteiger partial charge is 0.470 e. The molecule has 4 rings (SSSR count). The third kappa shape index (κ3) is 7.41. The van der Waals surface area contributed by atoms with Crippen molar-refractivity contribution in [3.05, 3.63) is 34.4 Å². The fourth-order valence-corrected chi connectivity index (χ4v) is 6.14. The summed E-state index contributed by atoms with van der Waals surface area (Å²) in [7, 11) is 0. The molecule has 0 aromatic heterocycles. The van der Waals surface area contributed by atoms with E-state index >= 15 is 0 Å². The molecule has 39 heavy (non-hydrogen) atoms. The van der Waals surface area contributed by atoms with Crippen molar-refractivity contribution in [3.8, 4) is 0 Å². The Kier molecular flexibility index (Phi) is 11.2. The summed E-state index contributed by atoms with van der Waals surface area (Å²) >= 11 is 0. The van der Waals surface area contributed by atoms with Crippen molar-refractivity contribution >= 4 is 11.8 Å². The van der Waals surface area contributed by atoms with Gasteiger partial charge in [0.05, 0.1) is 19.3 Å². The van der Waals surface area contributed by atoms with Gasteiger partial charge in [0.2, 0.25) is 0 Å². The van der Waals surface area contributed by atoms with E-state index in [1.807, 2.05) is 0 Å². The van der Waals surface area contributed by atoms with E-state index in [1.54, 1.807) is 6.08 Å². The summed E-state index contributed by atoms with van der Waals surface area (Å²) in [4.78, 5) is 24.4. The molecule has 0 spiro atoms. The minimum absolute atomic E-state index is 0.102. The summed E-state index contributed by atoms with van der Waals surface area (Å²) < 4.78 is 18.0. The first-order valence-corrected chi connectivity index (χ1v) is 14.6. The van der Waals surface area contributed by atoms with Crippen LogP contribution in [0.1, 0.15) is 64.2 Å². The maximum atomic E-state index is 14.0. The van der Waals surface area contributed by atoms with Gasteiger partial charge in [-0.2, -0.15) is 0 Å². The maximum Gasteiger partial charge on any atom is 0.252 e. The van der Waals surface area contributed by atoms with Gasteiger partial charge < -0.3 is 24.6 Å². The Labute approximate surface area is 231 Å². The number of ether oxygens (including phenoxy) is 3. The number of azide groups is 1. The predicted octanol–water partition coefficient (Wildman–Crippen LogP) is 3.64. The molecule has 11 heteroatoms. The van der Waals surface area contributed by atoms with Gasteiger partial charge in [0.15, 0.2) is 17.5 Å². The molecule has 1 amide bonds. The highest BCUT2D eigenvalue weighted by Crippen LogP contribution is 2.43. The van der Waals surface area contributed by atoms with Crippen LogP contribution in [0.5, 0.6) is 0 Å². The topological polar surface area (TPSA) is 141 Å². The number of aliphatic hydroxyl groups is 1. The van der Waals surface area contributed by atoms with Gasteiger partial charge in [0, 0.05) is 62.3 Å². The van der Waals surface area contributed by atoms with Crippen molar-refractivity contribution in [1.29, 1.82) is 0 Å². The lowest BCUT2D eigenvalue weighted by Crippen LogP contribution is -2.54. The van der Waals surface area contributed by atoms with Gasteiger partial charge in [-0.3, -0.25) is 9.69 Å². The van der Waals surface area contributed by atoms with Gasteiger partial charge >= 0.3 is 0 Å². The lowest BCUT2D eigenvalue weighted by molar-refractivity contribution is -0.128. The van der Waals surface area contributed by atoms with E-state index in [0.717, 1.165) is 63.7 Å². The monoisotopic (exact) mass is 544 g/mol. The van der Waals surface area contributed by atoms with Crippen LogP contribution in [-0.2, 0) is 19.0 Å². The van der Waals surface area contributed by atoms with Gasteiger partial charge in [0.25, 0.3) is 5.91 Å². The lowest BCUT2D eigenvalue weighted by Gasteiger charge is -2.34. The van der Waals surface area contributed by atoms with Gasteiger partial charge in [-0.1, -0.05) is 11.2 Å². The number of rotatable bonds is 13. The second kappa shape index (κ2) is 14.8. The van der Waals surface area contributed by atoms with E-state index in [1.165, 1.54) is 0 Å². The molecule has 0 aromatic carbocycles. The first kappa shape index (κ1) is 29.6. The minimum atomic E-state index is -1.18. The number of amides is 1. The van der Waals surface area contributed by atoms with Crippen LogP contribution in [0.25, 0.3) is 10.4 Å². The summed E-state index contributed by atoms with van der Waals surface area (Å²) in [6, 6.07) is 0. The highest BCUT2D eigenvalue weighted by molar-refractivity contribution is 5.95. The van der Waals surface area contributed by atoms with Crippen LogP contribution in [-0.4, -0.2) is 92.2 Å². The van der Waals surface area contributed by atoms with Crippen molar-refractivity contribution in [2.24, 2.45) is 16.0 Å². The van der Waals surface area contributed by atoms with Crippen LogP contribution >= 0.6 is 0 Å². The maximum absolute atomic E-state index is 14.0. The first-order valence-electron chi connectivity index (χ1n) is 14.6. The van der Waals surface area contributed by atoms with E-state index in [9.17, 15) is 10.3 Å². The van der Waals surface area contributed by atoms with Gasteiger partial charge in [-0.15, -0.1) is 6.58 Å². The molecule has 0 aromatic rings. The highest BCUT2D eigenvalue weighted by atomic mass is 16.5. The number of nitrogens with zero attached hydrogens (tertiary/aromatic N) is 5. The third-order valence-corrected chi connectivity index (χ3v) is 8.29. The number of allylic oxidation sites excluding steroid dienone is 1. The van der Waals surface area contributed by atoms with Crippen molar-refractivity contribution in [3.63, 3.8) is 0 Å². The Morgan fingerprint density at radius 3 is 2.77 bits per heavy atom. The predicted molar refractivity (Wildman–Crippen MR) is 148 cm³/mol. The van der Waals surface area contributed by atoms with E-state index in [-0.39, 0.29) is 24.5 Å². The fourth-order valence-electron chi connectivity index (χ4n) is 6.14. The Hall–Kier alpha value is -2.43. The quantitative estimate of drug-likeness (QED) is 0.119. The average molecular weight is 545 g/mol. The molecule has 2 aliphatic carbocycles. The standard InChI is InChI=1S/C28H44N6O5/c1-2-12-28(27(36)30-13-14-34-15-19-37-20-16-34)25(23-6-3-4-7-24(23)32-33-29)39-26(31-28)21-8-10-22(11-9-21)38-18-5-17-35/h2,21-22,25,35H,1,3-20H2,(H,30,36)/t21?,22?,25-,28-/m1/s1. The first-order chi connectivity index (χ1) is 19.1. The average Bonchev–Trinajstić information content (AvgIpc) is 3.35. The van der Waals surface area contributed by atoms with Gasteiger partial charge in [-0.05, 0) is 68.9 Å². The van der Waals surface area contributed by atoms with Crippen LogP contribution in [0.2, 0.25) is 0 Å². The Balaban J connectivity index is 1.55. The zero-order valence-corrected chi connectivity index (χ0v) is 23.1. The van der Waals surface area contributed by atoms with Crippen molar-refractivity contribution in [1.82, 2.24) is 10.2 Å². The number of carbonyl (C=O) groups excluding carboxylic acids is 1. The molecule has 0 unspecified atom stereocenters. The van der Waals surface area contributed by atoms with Crippen molar-refractivity contribution < 1.29 is 24.1 Å². The summed E-state index contributed by atoms with van der Waals surface area (Å²) in [5.41, 5.74) is 9.63. The second-order valence-electron chi connectivity index (χ2n) is 10.9. The molecule has 1 saturated heterocycles. The van der Waals surface area contributed by atoms with Crippen LogP contribution in [0.15, 0.2) is 34.0 Å². The van der Waals surface area contributed by atoms with Gasteiger partial charge in [-0.25, -0.2) is 4.99 Å². The molecule has 2 atom stereocenters. The van der Waals surface area contributed by atoms with Crippen LogP contribution in [0.3, 0.4) is 0 Å². The van der Waals surface area contributed by atoms with E-state index in [2.05, 4.69) is 26.8 Å².